The van der Waals surface area contributed by atoms with Gasteiger partial charge in [-0.3, -0.25) is 0 Å². The minimum atomic E-state index is 0.446. The van der Waals surface area contributed by atoms with Gasteiger partial charge in [-0.15, -0.1) is 0 Å². The zero-order valence-corrected chi connectivity index (χ0v) is 12.8. The van der Waals surface area contributed by atoms with Gasteiger partial charge in [0.25, 0.3) is 0 Å². The van der Waals surface area contributed by atoms with E-state index in [1.807, 2.05) is 7.05 Å². The van der Waals surface area contributed by atoms with Crippen molar-refractivity contribution in [2.24, 2.45) is 5.92 Å². The molecule has 2 rings (SSSR count). The lowest BCUT2D eigenvalue weighted by molar-refractivity contribution is 0.0416. The molecule has 1 aliphatic heterocycles. The molecule has 1 N–H and O–H groups in total. The van der Waals surface area contributed by atoms with Crippen LogP contribution in [0.2, 0.25) is 0 Å². The first kappa shape index (κ1) is 15.5. The highest BCUT2D eigenvalue weighted by atomic mass is 16.5. The van der Waals surface area contributed by atoms with E-state index in [-0.39, 0.29) is 0 Å². The molecule has 1 saturated heterocycles. The third-order valence-electron chi connectivity index (χ3n) is 4.17. The average molecular weight is 276 g/mol. The number of ether oxygens (including phenoxy) is 1. The van der Waals surface area contributed by atoms with Gasteiger partial charge in [-0.25, -0.2) is 0 Å². The summed E-state index contributed by atoms with van der Waals surface area (Å²) < 4.78 is 5.56. The molecule has 0 saturated carbocycles. The van der Waals surface area contributed by atoms with Crippen molar-refractivity contribution in [1.82, 2.24) is 10.2 Å². The molecule has 1 aromatic rings. The molecule has 2 unspecified atom stereocenters. The summed E-state index contributed by atoms with van der Waals surface area (Å²) in [6.07, 6.45) is 3.69. The summed E-state index contributed by atoms with van der Waals surface area (Å²) in [5.41, 5.74) is 1.38. The lowest BCUT2D eigenvalue weighted by atomic mass is 10.0. The minimum Gasteiger partial charge on any atom is -0.381 e. The van der Waals surface area contributed by atoms with Crippen LogP contribution in [0.4, 0.5) is 0 Å². The van der Waals surface area contributed by atoms with Crippen LogP contribution in [0.15, 0.2) is 30.3 Å². The number of hydrogen-bond acceptors (Lipinski definition) is 3. The van der Waals surface area contributed by atoms with Crippen molar-refractivity contribution in [2.45, 2.75) is 25.3 Å². The third-order valence-corrected chi connectivity index (χ3v) is 4.17. The zero-order valence-electron chi connectivity index (χ0n) is 12.8. The van der Waals surface area contributed by atoms with Crippen LogP contribution in [0.25, 0.3) is 0 Å². The molecule has 0 amide bonds. The predicted molar refractivity (Wildman–Crippen MR) is 83.9 cm³/mol. The number of hydrogen-bond donors (Lipinski definition) is 1. The van der Waals surface area contributed by atoms with E-state index >= 15 is 0 Å². The van der Waals surface area contributed by atoms with Crippen molar-refractivity contribution < 1.29 is 4.74 Å². The van der Waals surface area contributed by atoms with Crippen LogP contribution in [-0.4, -0.2) is 45.3 Å². The van der Waals surface area contributed by atoms with Gasteiger partial charge in [-0.1, -0.05) is 30.3 Å². The van der Waals surface area contributed by atoms with Gasteiger partial charge in [0, 0.05) is 19.2 Å². The van der Waals surface area contributed by atoms with Crippen LogP contribution in [0.5, 0.6) is 0 Å². The summed E-state index contributed by atoms with van der Waals surface area (Å²) in [5.74, 6) is 0.721. The van der Waals surface area contributed by atoms with E-state index in [0.29, 0.717) is 6.04 Å². The van der Waals surface area contributed by atoms with Gasteiger partial charge >= 0.3 is 0 Å². The summed E-state index contributed by atoms with van der Waals surface area (Å²) in [6.45, 7) is 4.18. The lowest BCUT2D eigenvalue weighted by Crippen LogP contribution is -2.33. The lowest BCUT2D eigenvalue weighted by Gasteiger charge is -2.28. The van der Waals surface area contributed by atoms with Crippen molar-refractivity contribution in [2.75, 3.05) is 40.4 Å². The van der Waals surface area contributed by atoms with Crippen LogP contribution < -0.4 is 5.32 Å². The Bertz CT molecular complexity index is 363. The molecule has 1 aliphatic rings. The Morgan fingerprint density at radius 2 is 2.15 bits per heavy atom. The van der Waals surface area contributed by atoms with E-state index in [9.17, 15) is 0 Å². The van der Waals surface area contributed by atoms with Gasteiger partial charge in [-0.05, 0) is 51.4 Å². The van der Waals surface area contributed by atoms with E-state index in [0.717, 1.165) is 38.6 Å². The number of benzene rings is 1. The van der Waals surface area contributed by atoms with Crippen molar-refractivity contribution in [1.29, 1.82) is 0 Å². The normalized spacial score (nSPS) is 21.1. The first-order valence-corrected chi connectivity index (χ1v) is 7.78. The van der Waals surface area contributed by atoms with Crippen LogP contribution in [0.3, 0.4) is 0 Å². The summed E-state index contributed by atoms with van der Waals surface area (Å²) in [7, 11) is 4.28. The van der Waals surface area contributed by atoms with Gasteiger partial charge < -0.3 is 15.0 Å². The Morgan fingerprint density at radius 3 is 2.80 bits per heavy atom. The smallest absolute Gasteiger partial charge is 0.0506 e. The van der Waals surface area contributed by atoms with E-state index in [1.165, 1.54) is 18.4 Å². The molecular weight excluding hydrogens is 248 g/mol. The molecule has 3 heteroatoms. The second-order valence-corrected chi connectivity index (χ2v) is 5.89. The third kappa shape index (κ3) is 4.89. The van der Waals surface area contributed by atoms with E-state index in [1.54, 1.807) is 0 Å². The molecule has 2 atom stereocenters. The first-order chi connectivity index (χ1) is 9.79. The monoisotopic (exact) mass is 276 g/mol. The van der Waals surface area contributed by atoms with Gasteiger partial charge in [0.15, 0.2) is 0 Å². The molecule has 0 aliphatic carbocycles. The topological polar surface area (TPSA) is 24.5 Å². The highest BCUT2D eigenvalue weighted by Gasteiger charge is 2.16. The maximum Gasteiger partial charge on any atom is 0.0506 e. The van der Waals surface area contributed by atoms with Crippen molar-refractivity contribution in [3.8, 4) is 0 Å². The number of rotatable bonds is 7. The Labute approximate surface area is 123 Å². The molecule has 1 fully saturated rings. The first-order valence-electron chi connectivity index (χ1n) is 7.78. The highest BCUT2D eigenvalue weighted by Crippen LogP contribution is 2.18. The minimum absolute atomic E-state index is 0.446. The highest BCUT2D eigenvalue weighted by molar-refractivity contribution is 5.18. The molecule has 0 bridgehead atoms. The Morgan fingerprint density at radius 1 is 1.35 bits per heavy atom. The second-order valence-electron chi connectivity index (χ2n) is 5.89. The fraction of sp³-hybridized carbons (Fsp3) is 0.647. The summed E-state index contributed by atoms with van der Waals surface area (Å²) >= 11 is 0. The van der Waals surface area contributed by atoms with E-state index in [4.69, 9.17) is 4.74 Å². The van der Waals surface area contributed by atoms with Crippen molar-refractivity contribution in [3.63, 3.8) is 0 Å². The van der Waals surface area contributed by atoms with Crippen LogP contribution >= 0.6 is 0 Å². The Hall–Kier alpha value is -0.900. The average Bonchev–Trinajstić information content (AvgIpc) is 2.50. The molecule has 20 heavy (non-hydrogen) atoms. The maximum atomic E-state index is 5.56. The molecule has 112 valence electrons. The molecule has 0 spiro atoms. The molecule has 1 heterocycles. The molecule has 0 aromatic heterocycles. The summed E-state index contributed by atoms with van der Waals surface area (Å²) in [4.78, 5) is 2.45. The van der Waals surface area contributed by atoms with Crippen molar-refractivity contribution >= 4 is 0 Å². The fourth-order valence-electron chi connectivity index (χ4n) is 3.00. The summed E-state index contributed by atoms with van der Waals surface area (Å²) in [5, 5.41) is 3.43. The molecule has 3 nitrogen and oxygen atoms in total. The van der Waals surface area contributed by atoms with Gasteiger partial charge in [0.05, 0.1) is 6.61 Å². The maximum absolute atomic E-state index is 5.56. The largest absolute Gasteiger partial charge is 0.381 e. The van der Waals surface area contributed by atoms with Gasteiger partial charge in [0.1, 0.15) is 0 Å². The number of nitrogens with one attached hydrogen (secondary N) is 1. The summed E-state index contributed by atoms with van der Waals surface area (Å²) in [6, 6.07) is 11.2. The van der Waals surface area contributed by atoms with Crippen LogP contribution in [-0.2, 0) is 4.74 Å². The van der Waals surface area contributed by atoms with Gasteiger partial charge in [-0.2, -0.15) is 0 Å². The van der Waals surface area contributed by atoms with E-state index < -0.39 is 0 Å². The quantitative estimate of drug-likeness (QED) is 0.828. The SMILES string of the molecule is CNC(CCN(C)CC1CCCOC1)c1ccccc1. The van der Waals surface area contributed by atoms with Gasteiger partial charge in [0.2, 0.25) is 0 Å². The molecule has 1 aromatic carbocycles. The van der Waals surface area contributed by atoms with Crippen LogP contribution in [0, 0.1) is 5.92 Å². The Balaban J connectivity index is 1.75. The molecule has 0 radical (unpaired) electrons. The Kier molecular flexibility index (Phi) is 6.51. The fourth-order valence-corrected chi connectivity index (χ4v) is 3.00. The zero-order chi connectivity index (χ0) is 14.2. The van der Waals surface area contributed by atoms with E-state index in [2.05, 4.69) is 47.6 Å². The van der Waals surface area contributed by atoms with Crippen LogP contribution in [0.1, 0.15) is 30.9 Å². The van der Waals surface area contributed by atoms with Crippen molar-refractivity contribution in [3.05, 3.63) is 35.9 Å². The standard InChI is InChI=1S/C17H28N2O/c1-18-17(16-8-4-3-5-9-16)10-11-19(2)13-15-7-6-12-20-14-15/h3-5,8-9,15,17-18H,6-7,10-14H2,1-2H3. The molecular formula is C17H28N2O. The predicted octanol–water partition coefficient (Wildman–Crippen LogP) is 2.70. The number of nitrogens with zero attached hydrogens (tertiary/aromatic N) is 1. The second kappa shape index (κ2) is 8.40.